The van der Waals surface area contributed by atoms with Crippen LogP contribution in [0.25, 0.3) is 6.08 Å². The zero-order valence-corrected chi connectivity index (χ0v) is 19.7. The summed E-state index contributed by atoms with van der Waals surface area (Å²) in [6.07, 6.45) is 1.76. The minimum Gasteiger partial charge on any atom is -0.420 e. The van der Waals surface area contributed by atoms with Crippen LogP contribution in [0.4, 0.5) is 17.1 Å². The Bertz CT molecular complexity index is 1150. The third-order valence-corrected chi connectivity index (χ3v) is 5.41. The molecule has 0 spiro atoms. The van der Waals surface area contributed by atoms with Gasteiger partial charge in [-0.2, -0.15) is 0 Å². The Kier molecular flexibility index (Phi) is 6.31. The van der Waals surface area contributed by atoms with Gasteiger partial charge in [0.15, 0.2) is 5.76 Å². The molecule has 0 atom stereocenters. The molecule has 1 heterocycles. The quantitative estimate of drug-likeness (QED) is 0.434. The van der Waals surface area contributed by atoms with E-state index in [0.717, 1.165) is 22.6 Å². The third-order valence-electron chi connectivity index (χ3n) is 5.41. The zero-order chi connectivity index (χ0) is 23.5. The number of benzene rings is 3. The van der Waals surface area contributed by atoms with E-state index in [4.69, 9.17) is 4.74 Å². The van der Waals surface area contributed by atoms with Gasteiger partial charge in [0.2, 0.25) is 0 Å². The molecule has 1 fully saturated rings. The molecule has 0 unspecified atom stereocenters. The van der Waals surface area contributed by atoms with Crippen molar-refractivity contribution in [3.63, 3.8) is 0 Å². The number of carbonyl (C=O) groups is 1. The van der Waals surface area contributed by atoms with E-state index in [1.807, 2.05) is 26.0 Å². The van der Waals surface area contributed by atoms with Crippen LogP contribution in [0, 0.1) is 13.8 Å². The van der Waals surface area contributed by atoms with Crippen molar-refractivity contribution in [3.05, 3.63) is 95.2 Å². The van der Waals surface area contributed by atoms with Gasteiger partial charge in [0.05, 0.1) is 0 Å². The highest BCUT2D eigenvalue weighted by Gasteiger charge is 2.31. The van der Waals surface area contributed by atoms with Crippen molar-refractivity contribution in [2.45, 2.75) is 33.7 Å². The smallest absolute Gasteiger partial charge is 0.300 e. The number of aryl methyl sites for hydroxylation is 2. The zero-order valence-electron chi connectivity index (χ0n) is 19.7. The summed E-state index contributed by atoms with van der Waals surface area (Å²) in [5.41, 5.74) is 6.52. The van der Waals surface area contributed by atoms with Crippen LogP contribution in [0.1, 0.15) is 30.5 Å². The Balaban J connectivity index is 1.66. The number of rotatable bonds is 5. The molecule has 1 aliphatic rings. The molecule has 3 aromatic rings. The van der Waals surface area contributed by atoms with Gasteiger partial charge in [0.1, 0.15) is 0 Å². The van der Waals surface area contributed by atoms with Crippen LogP contribution in [-0.4, -0.2) is 29.9 Å². The summed E-state index contributed by atoms with van der Waals surface area (Å²) in [5.74, 6) is 0.0815. The van der Waals surface area contributed by atoms with Crippen molar-refractivity contribution >= 4 is 35.1 Å². The number of hydrogen-bond acceptors (Lipinski definition) is 4. The summed E-state index contributed by atoms with van der Waals surface area (Å²) in [7, 11) is 1.68. The summed E-state index contributed by atoms with van der Waals surface area (Å²) >= 11 is 0. The van der Waals surface area contributed by atoms with E-state index in [0.29, 0.717) is 6.02 Å². The van der Waals surface area contributed by atoms with Crippen molar-refractivity contribution in [2.75, 3.05) is 11.9 Å². The molecule has 0 N–H and O–H groups in total. The molecule has 3 aromatic carbocycles. The van der Waals surface area contributed by atoms with Crippen LogP contribution in [0.5, 0.6) is 0 Å². The molecule has 0 aromatic heterocycles. The standard InChI is InChI=1S/C28H29N3O2/c1-19(2)29-28-30(5)27(32)26(33-28)18-22-10-16-25(17-11-22)31(23-12-6-20(3)7-13-23)24-14-8-21(4)9-15-24/h6-19H,1-5H3/b26-18+,29-28+. The van der Waals surface area contributed by atoms with Gasteiger partial charge in [-0.15, -0.1) is 0 Å². The van der Waals surface area contributed by atoms with Crippen LogP contribution < -0.4 is 4.90 Å². The normalized spacial score (nSPS) is 16.1. The minimum absolute atomic E-state index is 0.0448. The van der Waals surface area contributed by atoms with E-state index < -0.39 is 0 Å². The number of hydrogen-bond donors (Lipinski definition) is 0. The summed E-state index contributed by atoms with van der Waals surface area (Å²) in [6.45, 7) is 8.07. The third kappa shape index (κ3) is 4.98. The molecule has 0 aliphatic carbocycles. The van der Waals surface area contributed by atoms with Crippen LogP contribution in [0.3, 0.4) is 0 Å². The summed E-state index contributed by atoms with van der Waals surface area (Å²) in [5, 5.41) is 0. The maximum atomic E-state index is 12.5. The van der Waals surface area contributed by atoms with E-state index in [2.05, 4.69) is 84.4 Å². The predicted octanol–water partition coefficient (Wildman–Crippen LogP) is 6.37. The highest BCUT2D eigenvalue weighted by Crippen LogP contribution is 2.35. The van der Waals surface area contributed by atoms with Crippen LogP contribution in [-0.2, 0) is 9.53 Å². The molecular weight excluding hydrogens is 410 g/mol. The molecule has 1 amide bonds. The number of amidine groups is 1. The molecule has 1 saturated heterocycles. The van der Waals surface area contributed by atoms with Crippen molar-refractivity contribution in [1.82, 2.24) is 4.90 Å². The monoisotopic (exact) mass is 439 g/mol. The lowest BCUT2D eigenvalue weighted by Crippen LogP contribution is -2.25. The summed E-state index contributed by atoms with van der Waals surface area (Å²) < 4.78 is 5.72. The molecule has 0 radical (unpaired) electrons. The average Bonchev–Trinajstić information content (AvgIpc) is 3.05. The van der Waals surface area contributed by atoms with Gasteiger partial charge >= 0.3 is 0 Å². The first-order valence-electron chi connectivity index (χ1n) is 11.1. The van der Waals surface area contributed by atoms with Crippen LogP contribution in [0.2, 0.25) is 0 Å². The van der Waals surface area contributed by atoms with Crippen LogP contribution >= 0.6 is 0 Å². The van der Waals surface area contributed by atoms with Crippen molar-refractivity contribution in [2.24, 2.45) is 4.99 Å². The maximum Gasteiger partial charge on any atom is 0.300 e. The fourth-order valence-electron chi connectivity index (χ4n) is 3.59. The fraction of sp³-hybridized carbons (Fsp3) is 0.214. The van der Waals surface area contributed by atoms with Gasteiger partial charge < -0.3 is 9.64 Å². The van der Waals surface area contributed by atoms with Gasteiger partial charge in [-0.25, -0.2) is 4.99 Å². The first-order chi connectivity index (χ1) is 15.8. The number of amides is 1. The molecule has 4 rings (SSSR count). The first-order valence-corrected chi connectivity index (χ1v) is 11.1. The number of likely N-dealkylation sites (N-methyl/N-ethyl adjacent to an activating group) is 1. The average molecular weight is 440 g/mol. The summed E-state index contributed by atoms with van der Waals surface area (Å²) in [4.78, 5) is 20.6. The SMILES string of the molecule is Cc1ccc(N(c2ccc(C)cc2)c2ccc(/C=C3/O/C(=N/C(C)C)N(C)C3=O)cc2)cc1. The van der Waals surface area contributed by atoms with Gasteiger partial charge in [-0.3, -0.25) is 9.69 Å². The van der Waals surface area contributed by atoms with Crippen molar-refractivity contribution < 1.29 is 9.53 Å². The fourth-order valence-corrected chi connectivity index (χ4v) is 3.59. The number of ether oxygens (including phenoxy) is 1. The molecule has 168 valence electrons. The van der Waals surface area contributed by atoms with Gasteiger partial charge in [0.25, 0.3) is 11.9 Å². The predicted molar refractivity (Wildman–Crippen MR) is 135 cm³/mol. The number of aliphatic imine (C=N–C) groups is 1. The number of anilines is 3. The van der Waals surface area contributed by atoms with Gasteiger partial charge in [0, 0.05) is 30.2 Å². The second-order valence-corrected chi connectivity index (χ2v) is 8.58. The van der Waals surface area contributed by atoms with Crippen molar-refractivity contribution in [3.8, 4) is 0 Å². The first kappa shape index (κ1) is 22.3. The molecule has 0 bridgehead atoms. The second-order valence-electron chi connectivity index (χ2n) is 8.58. The van der Waals surface area contributed by atoms with Gasteiger partial charge in [-0.1, -0.05) is 47.5 Å². The maximum absolute atomic E-state index is 12.5. The van der Waals surface area contributed by atoms with Crippen LogP contribution in [0.15, 0.2) is 83.5 Å². The Morgan fingerprint density at radius 1 is 0.818 bits per heavy atom. The minimum atomic E-state index is -0.195. The highest BCUT2D eigenvalue weighted by atomic mass is 16.5. The highest BCUT2D eigenvalue weighted by molar-refractivity contribution is 6.11. The Morgan fingerprint density at radius 2 is 1.27 bits per heavy atom. The molecular formula is C28H29N3O2. The number of nitrogens with zero attached hydrogens (tertiary/aromatic N) is 3. The summed E-state index contributed by atoms with van der Waals surface area (Å²) in [6, 6.07) is 25.4. The van der Waals surface area contributed by atoms with E-state index in [-0.39, 0.29) is 17.7 Å². The second kappa shape index (κ2) is 9.33. The Hall–Kier alpha value is -3.86. The van der Waals surface area contributed by atoms with E-state index in [9.17, 15) is 4.79 Å². The molecule has 33 heavy (non-hydrogen) atoms. The van der Waals surface area contributed by atoms with Gasteiger partial charge in [-0.05, 0) is 75.7 Å². The topological polar surface area (TPSA) is 45.1 Å². The van der Waals surface area contributed by atoms with Crippen molar-refractivity contribution in [1.29, 1.82) is 0 Å². The van der Waals surface area contributed by atoms with E-state index in [1.165, 1.54) is 16.0 Å². The lowest BCUT2D eigenvalue weighted by molar-refractivity contribution is -0.122. The Labute approximate surface area is 195 Å². The molecule has 0 saturated carbocycles. The lowest BCUT2D eigenvalue weighted by atomic mass is 10.1. The molecule has 1 aliphatic heterocycles. The Morgan fingerprint density at radius 3 is 1.73 bits per heavy atom. The molecule has 5 heteroatoms. The van der Waals surface area contributed by atoms with E-state index in [1.54, 1.807) is 13.1 Å². The largest absolute Gasteiger partial charge is 0.420 e. The lowest BCUT2D eigenvalue weighted by Gasteiger charge is -2.25. The van der Waals surface area contributed by atoms with E-state index >= 15 is 0 Å². The molecule has 5 nitrogen and oxygen atoms in total. The number of carbonyl (C=O) groups excluding carboxylic acids is 1.